The van der Waals surface area contributed by atoms with E-state index in [2.05, 4.69) is 5.32 Å². The van der Waals surface area contributed by atoms with Crippen LogP contribution < -0.4 is 5.32 Å². The third-order valence-electron chi connectivity index (χ3n) is 4.04. The summed E-state index contributed by atoms with van der Waals surface area (Å²) in [7, 11) is 0. The van der Waals surface area contributed by atoms with Crippen LogP contribution in [-0.4, -0.2) is 39.0 Å². The Balaban J connectivity index is 1.97. The van der Waals surface area contributed by atoms with E-state index >= 15 is 0 Å². The van der Waals surface area contributed by atoms with E-state index in [-0.39, 0.29) is 5.70 Å². The van der Waals surface area contributed by atoms with Gasteiger partial charge in [0, 0.05) is 17.1 Å². The normalized spacial score (nSPS) is 15.8. The fourth-order valence-electron chi connectivity index (χ4n) is 2.91. The Morgan fingerprint density at radius 1 is 1.20 bits per heavy atom. The van der Waals surface area contributed by atoms with Gasteiger partial charge in [0.15, 0.2) is 0 Å². The van der Waals surface area contributed by atoms with Gasteiger partial charge in [0.05, 0.1) is 0 Å². The number of imide groups is 1. The van der Waals surface area contributed by atoms with Crippen molar-refractivity contribution in [3.8, 4) is 5.69 Å². The van der Waals surface area contributed by atoms with Gasteiger partial charge in [-0.25, -0.2) is 9.69 Å². The lowest BCUT2D eigenvalue weighted by atomic mass is 10.2. The highest BCUT2D eigenvalue weighted by atomic mass is 16.4. The molecule has 1 aliphatic rings. The van der Waals surface area contributed by atoms with E-state index in [9.17, 15) is 14.4 Å². The Hall–Kier alpha value is -3.35. The molecule has 2 N–H and O–H groups in total. The number of carbonyl (C=O) groups excluding carboxylic acids is 2. The summed E-state index contributed by atoms with van der Waals surface area (Å²) in [5.41, 5.74) is 3.74. The molecular formula is C18H17N3O4. The largest absolute Gasteiger partial charge is 0.480 e. The van der Waals surface area contributed by atoms with Crippen LogP contribution in [-0.2, 0) is 9.59 Å². The standard InChI is InChI=1S/C18H17N3O4/c1-11-8-13(12(2)21(11)14-6-4-3-5-7-14)9-15-17(24)20(10-16(22)23)18(25)19-15/h3-9H,10H2,1-2H3,(H,19,25)(H,22,23)/b15-9-. The Morgan fingerprint density at radius 2 is 1.88 bits per heavy atom. The number of carboxylic acids is 1. The summed E-state index contributed by atoms with van der Waals surface area (Å²) in [4.78, 5) is 35.5. The monoisotopic (exact) mass is 339 g/mol. The SMILES string of the molecule is Cc1cc(/C=C2\NC(=O)N(CC(=O)O)C2=O)c(C)n1-c1ccccc1. The minimum absolute atomic E-state index is 0.0690. The summed E-state index contributed by atoms with van der Waals surface area (Å²) < 4.78 is 2.04. The molecule has 0 unspecified atom stereocenters. The van der Waals surface area contributed by atoms with Gasteiger partial charge in [0.2, 0.25) is 0 Å². The average Bonchev–Trinajstić information content (AvgIpc) is 2.99. The van der Waals surface area contributed by atoms with Gasteiger partial charge < -0.3 is 15.0 Å². The maximum absolute atomic E-state index is 12.2. The maximum atomic E-state index is 12.2. The van der Waals surface area contributed by atoms with Gasteiger partial charge in [-0.1, -0.05) is 18.2 Å². The number of rotatable bonds is 4. The van der Waals surface area contributed by atoms with E-state index < -0.39 is 24.5 Å². The van der Waals surface area contributed by atoms with E-state index in [0.29, 0.717) is 4.90 Å². The van der Waals surface area contributed by atoms with Crippen molar-refractivity contribution in [2.45, 2.75) is 13.8 Å². The molecule has 7 nitrogen and oxygen atoms in total. The van der Waals surface area contributed by atoms with Crippen molar-refractivity contribution < 1.29 is 19.5 Å². The van der Waals surface area contributed by atoms with Crippen LogP contribution in [0.3, 0.4) is 0 Å². The van der Waals surface area contributed by atoms with Crippen LogP contribution >= 0.6 is 0 Å². The van der Waals surface area contributed by atoms with Gasteiger partial charge in [-0.05, 0) is 43.7 Å². The number of hydrogen-bond donors (Lipinski definition) is 2. The van der Waals surface area contributed by atoms with Crippen LogP contribution in [0.25, 0.3) is 11.8 Å². The summed E-state index contributed by atoms with van der Waals surface area (Å²) in [5.74, 6) is -1.89. The first kappa shape index (κ1) is 16.5. The zero-order chi connectivity index (χ0) is 18.1. The van der Waals surface area contributed by atoms with Crippen LogP contribution in [0.5, 0.6) is 0 Å². The Morgan fingerprint density at radius 3 is 2.52 bits per heavy atom. The third kappa shape index (κ3) is 3.03. The Kier molecular flexibility index (Phi) is 4.14. The summed E-state index contributed by atoms with van der Waals surface area (Å²) in [5, 5.41) is 11.2. The van der Waals surface area contributed by atoms with Crippen LogP contribution in [0.2, 0.25) is 0 Å². The van der Waals surface area contributed by atoms with Gasteiger partial charge in [0.25, 0.3) is 5.91 Å². The number of carbonyl (C=O) groups is 3. The first-order valence-electron chi connectivity index (χ1n) is 7.69. The van der Waals surface area contributed by atoms with Crippen molar-refractivity contribution in [2.24, 2.45) is 0 Å². The lowest BCUT2D eigenvalue weighted by molar-refractivity contribution is -0.140. The van der Waals surface area contributed by atoms with Crippen LogP contribution in [0.15, 0.2) is 42.1 Å². The second-order valence-electron chi connectivity index (χ2n) is 5.77. The summed E-state index contributed by atoms with van der Waals surface area (Å²) in [6.07, 6.45) is 1.57. The molecule has 3 amide bonds. The number of hydrogen-bond acceptors (Lipinski definition) is 3. The number of nitrogens with one attached hydrogen (secondary N) is 1. The van der Waals surface area contributed by atoms with E-state index in [0.717, 1.165) is 22.6 Å². The van der Waals surface area contributed by atoms with Crippen molar-refractivity contribution in [1.82, 2.24) is 14.8 Å². The number of carboxylic acid groups (broad SMARTS) is 1. The van der Waals surface area contributed by atoms with Gasteiger partial charge in [0.1, 0.15) is 12.2 Å². The predicted octanol–water partition coefficient (Wildman–Crippen LogP) is 2.07. The quantitative estimate of drug-likeness (QED) is 0.659. The number of amides is 3. The van der Waals surface area contributed by atoms with E-state index in [1.165, 1.54) is 0 Å². The van der Waals surface area contributed by atoms with E-state index in [1.807, 2.05) is 54.8 Å². The Labute approximate surface area is 144 Å². The molecule has 0 bridgehead atoms. The molecule has 1 aromatic heterocycles. The van der Waals surface area contributed by atoms with Crippen molar-refractivity contribution in [3.63, 3.8) is 0 Å². The smallest absolute Gasteiger partial charge is 0.329 e. The molecule has 0 atom stereocenters. The zero-order valence-electron chi connectivity index (χ0n) is 13.8. The lowest BCUT2D eigenvalue weighted by Gasteiger charge is -2.09. The molecule has 0 radical (unpaired) electrons. The molecule has 7 heteroatoms. The molecule has 3 rings (SSSR count). The summed E-state index contributed by atoms with van der Waals surface area (Å²) in [6.45, 7) is 3.21. The molecule has 1 aliphatic heterocycles. The molecule has 128 valence electrons. The maximum Gasteiger partial charge on any atom is 0.329 e. The number of aliphatic carboxylic acids is 1. The lowest BCUT2D eigenvalue weighted by Crippen LogP contribution is -2.35. The molecule has 0 spiro atoms. The second kappa shape index (κ2) is 6.27. The number of aryl methyl sites for hydroxylation is 1. The van der Waals surface area contributed by atoms with Crippen molar-refractivity contribution in [3.05, 3.63) is 59.0 Å². The number of aromatic nitrogens is 1. The van der Waals surface area contributed by atoms with Gasteiger partial charge in [-0.15, -0.1) is 0 Å². The van der Waals surface area contributed by atoms with Crippen LogP contribution in [0, 0.1) is 13.8 Å². The predicted molar refractivity (Wildman–Crippen MR) is 91.1 cm³/mol. The second-order valence-corrected chi connectivity index (χ2v) is 5.77. The van der Waals surface area contributed by atoms with E-state index in [4.69, 9.17) is 5.11 Å². The highest BCUT2D eigenvalue weighted by molar-refractivity contribution is 6.15. The molecule has 1 fully saturated rings. The van der Waals surface area contributed by atoms with E-state index in [1.54, 1.807) is 6.08 Å². The minimum atomic E-state index is -1.24. The molecule has 2 aromatic rings. The fraction of sp³-hybridized carbons (Fsp3) is 0.167. The van der Waals surface area contributed by atoms with Crippen molar-refractivity contribution in [2.75, 3.05) is 6.54 Å². The molecular weight excluding hydrogens is 322 g/mol. The summed E-state index contributed by atoms with van der Waals surface area (Å²) >= 11 is 0. The first-order chi connectivity index (χ1) is 11.9. The molecule has 0 aliphatic carbocycles. The number of urea groups is 1. The third-order valence-corrected chi connectivity index (χ3v) is 4.04. The number of nitrogens with zero attached hydrogens (tertiary/aromatic N) is 2. The minimum Gasteiger partial charge on any atom is -0.480 e. The summed E-state index contributed by atoms with van der Waals surface area (Å²) in [6, 6.07) is 11.0. The molecule has 0 saturated carbocycles. The van der Waals surface area contributed by atoms with Crippen molar-refractivity contribution in [1.29, 1.82) is 0 Å². The molecule has 2 heterocycles. The zero-order valence-corrected chi connectivity index (χ0v) is 13.8. The van der Waals surface area contributed by atoms with Crippen LogP contribution in [0.4, 0.5) is 4.79 Å². The highest BCUT2D eigenvalue weighted by Crippen LogP contribution is 2.23. The molecule has 25 heavy (non-hydrogen) atoms. The molecule has 1 aromatic carbocycles. The average molecular weight is 339 g/mol. The van der Waals surface area contributed by atoms with Gasteiger partial charge >= 0.3 is 12.0 Å². The van der Waals surface area contributed by atoms with Gasteiger partial charge in [-0.2, -0.15) is 0 Å². The number of para-hydroxylation sites is 1. The molecule has 1 saturated heterocycles. The Bertz CT molecular complexity index is 897. The first-order valence-corrected chi connectivity index (χ1v) is 7.69. The number of benzene rings is 1. The topological polar surface area (TPSA) is 91.6 Å². The highest BCUT2D eigenvalue weighted by Gasteiger charge is 2.35. The van der Waals surface area contributed by atoms with Crippen LogP contribution in [0.1, 0.15) is 17.0 Å². The van der Waals surface area contributed by atoms with Gasteiger partial charge in [-0.3, -0.25) is 9.59 Å². The fourth-order valence-corrected chi connectivity index (χ4v) is 2.91. The van der Waals surface area contributed by atoms with Crippen molar-refractivity contribution >= 4 is 24.0 Å².